The summed E-state index contributed by atoms with van der Waals surface area (Å²) in [6.45, 7) is 0. The molecule has 2 heteroatoms. The van der Waals surface area contributed by atoms with Gasteiger partial charge in [-0.25, -0.2) is 0 Å². The van der Waals surface area contributed by atoms with Crippen molar-refractivity contribution in [2.45, 2.75) is 31.4 Å². The van der Waals surface area contributed by atoms with E-state index >= 15 is 0 Å². The number of nitrogens with one attached hydrogen (secondary N) is 1. The van der Waals surface area contributed by atoms with Crippen molar-refractivity contribution in [1.82, 2.24) is 5.32 Å². The standard InChI is InChI=1S/C18H21NO/c1-19-16-12-18(13-16)20-17-9-7-15(8-10-17)11-14-5-3-2-4-6-14/h2-10,16,18-19H,11-13H2,1H3. The van der Waals surface area contributed by atoms with Crippen LogP contribution < -0.4 is 10.1 Å². The molecule has 0 amide bonds. The first-order valence-electron chi connectivity index (χ1n) is 7.30. The lowest BCUT2D eigenvalue weighted by atomic mass is 9.89. The summed E-state index contributed by atoms with van der Waals surface area (Å²) in [6, 6.07) is 19.7. The fourth-order valence-electron chi connectivity index (χ4n) is 2.61. The molecule has 1 aliphatic carbocycles. The topological polar surface area (TPSA) is 21.3 Å². The molecule has 1 aliphatic rings. The SMILES string of the molecule is CNC1CC(Oc2ccc(Cc3ccccc3)cc2)C1. The van der Waals surface area contributed by atoms with Gasteiger partial charge >= 0.3 is 0 Å². The van der Waals surface area contributed by atoms with Gasteiger partial charge in [-0.3, -0.25) is 0 Å². The Morgan fingerprint density at radius 2 is 1.60 bits per heavy atom. The molecule has 1 fully saturated rings. The second kappa shape index (κ2) is 6.10. The number of hydrogen-bond donors (Lipinski definition) is 1. The van der Waals surface area contributed by atoms with Crippen LogP contribution in [0.15, 0.2) is 54.6 Å². The van der Waals surface area contributed by atoms with E-state index in [2.05, 4.69) is 59.9 Å². The van der Waals surface area contributed by atoms with Gasteiger partial charge in [0.15, 0.2) is 0 Å². The summed E-state index contributed by atoms with van der Waals surface area (Å²) in [6.07, 6.45) is 3.59. The monoisotopic (exact) mass is 267 g/mol. The van der Waals surface area contributed by atoms with Gasteiger partial charge in [0.2, 0.25) is 0 Å². The molecule has 0 heterocycles. The van der Waals surface area contributed by atoms with E-state index in [0.29, 0.717) is 12.1 Å². The summed E-state index contributed by atoms with van der Waals surface area (Å²) in [4.78, 5) is 0. The third-order valence-corrected chi connectivity index (χ3v) is 3.98. The lowest BCUT2D eigenvalue weighted by molar-refractivity contribution is 0.0885. The Bertz CT molecular complexity index is 529. The number of rotatable bonds is 5. The zero-order chi connectivity index (χ0) is 13.8. The Morgan fingerprint density at radius 1 is 0.950 bits per heavy atom. The van der Waals surface area contributed by atoms with Crippen LogP contribution in [0.4, 0.5) is 0 Å². The van der Waals surface area contributed by atoms with Crippen molar-refractivity contribution in [2.24, 2.45) is 0 Å². The molecule has 0 atom stereocenters. The van der Waals surface area contributed by atoms with E-state index < -0.39 is 0 Å². The third-order valence-electron chi connectivity index (χ3n) is 3.98. The second-order valence-corrected chi connectivity index (χ2v) is 5.50. The largest absolute Gasteiger partial charge is 0.490 e. The van der Waals surface area contributed by atoms with Crippen LogP contribution >= 0.6 is 0 Å². The van der Waals surface area contributed by atoms with Crippen molar-refractivity contribution in [3.8, 4) is 5.75 Å². The van der Waals surface area contributed by atoms with Crippen LogP contribution in [-0.4, -0.2) is 19.2 Å². The lowest BCUT2D eigenvalue weighted by Crippen LogP contribution is -2.45. The fourth-order valence-corrected chi connectivity index (χ4v) is 2.61. The van der Waals surface area contributed by atoms with E-state index in [0.717, 1.165) is 25.0 Å². The van der Waals surface area contributed by atoms with E-state index in [4.69, 9.17) is 4.74 Å². The molecule has 0 aliphatic heterocycles. The summed E-state index contributed by atoms with van der Waals surface area (Å²) >= 11 is 0. The zero-order valence-electron chi connectivity index (χ0n) is 11.9. The summed E-state index contributed by atoms with van der Waals surface area (Å²) in [7, 11) is 2.01. The van der Waals surface area contributed by atoms with Crippen molar-refractivity contribution in [3.05, 3.63) is 65.7 Å². The van der Waals surface area contributed by atoms with Gasteiger partial charge in [0.25, 0.3) is 0 Å². The molecule has 0 unspecified atom stereocenters. The van der Waals surface area contributed by atoms with Gasteiger partial charge in [0.1, 0.15) is 11.9 Å². The molecule has 0 spiro atoms. The van der Waals surface area contributed by atoms with Gasteiger partial charge < -0.3 is 10.1 Å². The molecule has 2 aromatic rings. The summed E-state index contributed by atoms with van der Waals surface area (Å²) < 4.78 is 5.95. The summed E-state index contributed by atoms with van der Waals surface area (Å²) in [5.41, 5.74) is 2.67. The Balaban J connectivity index is 1.55. The first-order chi connectivity index (χ1) is 9.83. The summed E-state index contributed by atoms with van der Waals surface area (Å²) in [5, 5.41) is 3.27. The van der Waals surface area contributed by atoms with Gasteiger partial charge in [-0.2, -0.15) is 0 Å². The molecule has 0 aromatic heterocycles. The molecular weight excluding hydrogens is 246 g/mol. The highest BCUT2D eigenvalue weighted by Crippen LogP contribution is 2.26. The van der Waals surface area contributed by atoms with Crippen LogP contribution in [0.2, 0.25) is 0 Å². The van der Waals surface area contributed by atoms with E-state index in [1.807, 2.05) is 7.05 Å². The number of ether oxygens (including phenoxy) is 1. The molecule has 20 heavy (non-hydrogen) atoms. The Kier molecular flexibility index (Phi) is 4.03. The highest BCUT2D eigenvalue weighted by Gasteiger charge is 2.29. The van der Waals surface area contributed by atoms with Crippen molar-refractivity contribution < 1.29 is 4.74 Å². The molecule has 0 radical (unpaired) electrons. The zero-order valence-corrected chi connectivity index (χ0v) is 11.9. The van der Waals surface area contributed by atoms with Crippen molar-refractivity contribution >= 4 is 0 Å². The second-order valence-electron chi connectivity index (χ2n) is 5.50. The molecule has 3 rings (SSSR count). The Labute approximate surface area is 120 Å². The van der Waals surface area contributed by atoms with Crippen LogP contribution in [0.5, 0.6) is 5.75 Å². The molecule has 2 nitrogen and oxygen atoms in total. The van der Waals surface area contributed by atoms with Crippen molar-refractivity contribution in [1.29, 1.82) is 0 Å². The first-order valence-corrected chi connectivity index (χ1v) is 7.30. The maximum absolute atomic E-state index is 5.95. The van der Waals surface area contributed by atoms with E-state index in [9.17, 15) is 0 Å². The highest BCUT2D eigenvalue weighted by atomic mass is 16.5. The molecule has 2 aromatic carbocycles. The first kappa shape index (κ1) is 13.2. The van der Waals surface area contributed by atoms with Crippen LogP contribution in [0, 0.1) is 0 Å². The minimum absolute atomic E-state index is 0.382. The molecule has 104 valence electrons. The fraction of sp³-hybridized carbons (Fsp3) is 0.333. The van der Waals surface area contributed by atoms with Gasteiger partial charge in [0.05, 0.1) is 0 Å². The third kappa shape index (κ3) is 3.20. The lowest BCUT2D eigenvalue weighted by Gasteiger charge is -2.35. The predicted molar refractivity (Wildman–Crippen MR) is 82.2 cm³/mol. The van der Waals surface area contributed by atoms with E-state index in [-0.39, 0.29) is 0 Å². The maximum atomic E-state index is 5.95. The van der Waals surface area contributed by atoms with Gasteiger partial charge in [-0.15, -0.1) is 0 Å². The normalized spacial score (nSPS) is 21.2. The molecular formula is C18H21NO. The van der Waals surface area contributed by atoms with Gasteiger partial charge in [-0.1, -0.05) is 42.5 Å². The van der Waals surface area contributed by atoms with Crippen LogP contribution in [0.25, 0.3) is 0 Å². The number of hydrogen-bond acceptors (Lipinski definition) is 2. The minimum Gasteiger partial charge on any atom is -0.490 e. The average molecular weight is 267 g/mol. The highest BCUT2D eigenvalue weighted by molar-refractivity contribution is 5.31. The van der Waals surface area contributed by atoms with Crippen molar-refractivity contribution in [3.63, 3.8) is 0 Å². The van der Waals surface area contributed by atoms with Crippen LogP contribution in [-0.2, 0) is 6.42 Å². The minimum atomic E-state index is 0.382. The summed E-state index contributed by atoms with van der Waals surface area (Å²) in [5.74, 6) is 0.987. The average Bonchev–Trinajstić information content (AvgIpc) is 2.45. The Morgan fingerprint density at radius 3 is 2.25 bits per heavy atom. The Hall–Kier alpha value is -1.80. The molecule has 1 saturated carbocycles. The maximum Gasteiger partial charge on any atom is 0.119 e. The molecule has 0 bridgehead atoms. The van der Waals surface area contributed by atoms with E-state index in [1.165, 1.54) is 11.1 Å². The smallest absolute Gasteiger partial charge is 0.119 e. The molecule has 0 saturated heterocycles. The van der Waals surface area contributed by atoms with Crippen LogP contribution in [0.3, 0.4) is 0 Å². The van der Waals surface area contributed by atoms with Crippen molar-refractivity contribution in [2.75, 3.05) is 7.05 Å². The van der Waals surface area contributed by atoms with E-state index in [1.54, 1.807) is 0 Å². The number of benzene rings is 2. The predicted octanol–water partition coefficient (Wildman–Crippen LogP) is 3.41. The van der Waals surface area contributed by atoms with Gasteiger partial charge in [0, 0.05) is 6.04 Å². The quantitative estimate of drug-likeness (QED) is 0.896. The van der Waals surface area contributed by atoms with Crippen LogP contribution in [0.1, 0.15) is 24.0 Å². The van der Waals surface area contributed by atoms with Gasteiger partial charge in [-0.05, 0) is 49.6 Å². The molecule has 1 N–H and O–H groups in total.